The van der Waals surface area contributed by atoms with Crippen LogP contribution in [-0.4, -0.2) is 43.5 Å². The van der Waals surface area contributed by atoms with E-state index in [2.05, 4.69) is 15.9 Å². The van der Waals surface area contributed by atoms with Gasteiger partial charge in [-0.1, -0.05) is 15.9 Å². The van der Waals surface area contributed by atoms with E-state index in [-0.39, 0.29) is 6.61 Å². The van der Waals surface area contributed by atoms with Crippen molar-refractivity contribution in [2.24, 2.45) is 0 Å². The lowest BCUT2D eigenvalue weighted by molar-refractivity contribution is 0.0749. The molecule has 0 aromatic rings. The van der Waals surface area contributed by atoms with E-state index in [4.69, 9.17) is 14.6 Å². The van der Waals surface area contributed by atoms with Crippen LogP contribution >= 0.6 is 15.9 Å². The maximum Gasteiger partial charge on any atom is 0.0952 e. The van der Waals surface area contributed by atoms with Gasteiger partial charge in [0.15, 0.2) is 0 Å². The van der Waals surface area contributed by atoms with Crippen molar-refractivity contribution in [3.05, 3.63) is 0 Å². The Balaban J connectivity index is 3.69. The first-order chi connectivity index (χ1) is 4.68. The molecule has 0 aliphatic carbocycles. The van der Waals surface area contributed by atoms with E-state index >= 15 is 0 Å². The summed E-state index contributed by atoms with van der Waals surface area (Å²) in [5.74, 6) is 0. The molecule has 0 aliphatic heterocycles. The second kappa shape index (κ2) is 5.07. The van der Waals surface area contributed by atoms with E-state index in [0.717, 1.165) is 0 Å². The van der Waals surface area contributed by atoms with Gasteiger partial charge in [-0.25, -0.2) is 0 Å². The molecule has 0 bridgehead atoms. The van der Waals surface area contributed by atoms with Crippen LogP contribution in [0.3, 0.4) is 0 Å². The fraction of sp³-hybridized carbons (Fsp3) is 1.00. The third-order valence-corrected chi connectivity index (χ3v) is 1.80. The van der Waals surface area contributed by atoms with Crippen molar-refractivity contribution < 1.29 is 14.6 Å². The molecular weight excluding hydrogens is 200 g/mol. The number of methoxy groups -OCH3 is 2. The number of alkyl halides is 1. The zero-order valence-electron chi connectivity index (χ0n) is 6.26. The molecule has 0 spiro atoms. The van der Waals surface area contributed by atoms with Crippen molar-refractivity contribution in [1.29, 1.82) is 0 Å². The SMILES string of the molecule is COCC(Br)(CO)COC. The van der Waals surface area contributed by atoms with E-state index in [1.165, 1.54) is 0 Å². The topological polar surface area (TPSA) is 38.7 Å². The Kier molecular flexibility index (Phi) is 5.25. The summed E-state index contributed by atoms with van der Waals surface area (Å²) in [7, 11) is 3.17. The van der Waals surface area contributed by atoms with Gasteiger partial charge in [0, 0.05) is 14.2 Å². The Morgan fingerprint density at radius 2 is 1.70 bits per heavy atom. The molecule has 0 unspecified atom stereocenters. The third-order valence-electron chi connectivity index (χ3n) is 1.09. The van der Waals surface area contributed by atoms with Crippen LogP contribution in [0.15, 0.2) is 0 Å². The number of halogens is 1. The Hall–Kier alpha value is 0.360. The Morgan fingerprint density at radius 1 is 1.30 bits per heavy atom. The quantitative estimate of drug-likeness (QED) is 0.672. The highest BCUT2D eigenvalue weighted by atomic mass is 79.9. The van der Waals surface area contributed by atoms with Crippen LogP contribution in [0.5, 0.6) is 0 Å². The highest BCUT2D eigenvalue weighted by Gasteiger charge is 2.25. The second-order valence-electron chi connectivity index (χ2n) is 2.18. The van der Waals surface area contributed by atoms with Crippen LogP contribution in [0, 0.1) is 0 Å². The average molecular weight is 213 g/mol. The van der Waals surface area contributed by atoms with Crippen LogP contribution in [0.25, 0.3) is 0 Å². The Morgan fingerprint density at radius 3 is 1.90 bits per heavy atom. The molecule has 4 heteroatoms. The molecule has 0 saturated heterocycles. The minimum absolute atomic E-state index is 0.00861. The number of aliphatic hydroxyl groups excluding tert-OH is 1. The van der Waals surface area contributed by atoms with Gasteiger partial charge in [-0.05, 0) is 0 Å². The van der Waals surface area contributed by atoms with Crippen LogP contribution in [0.2, 0.25) is 0 Å². The molecule has 1 N–H and O–H groups in total. The van der Waals surface area contributed by atoms with Crippen LogP contribution in [-0.2, 0) is 9.47 Å². The summed E-state index contributed by atoms with van der Waals surface area (Å²) in [6.45, 7) is 0.892. The summed E-state index contributed by atoms with van der Waals surface area (Å²) in [5, 5.41) is 8.84. The van der Waals surface area contributed by atoms with Crippen LogP contribution < -0.4 is 0 Å². The number of rotatable bonds is 5. The Bertz CT molecular complexity index is 81.1. The predicted molar refractivity (Wildman–Crippen MR) is 42.5 cm³/mol. The van der Waals surface area contributed by atoms with Gasteiger partial charge in [-0.2, -0.15) is 0 Å². The summed E-state index contributed by atoms with van der Waals surface area (Å²) >= 11 is 3.30. The summed E-state index contributed by atoms with van der Waals surface area (Å²) in [4.78, 5) is 0. The highest BCUT2D eigenvalue weighted by Crippen LogP contribution is 2.17. The molecule has 62 valence electrons. The summed E-state index contributed by atoms with van der Waals surface area (Å²) in [6.07, 6.45) is 0. The van der Waals surface area contributed by atoms with Crippen molar-refractivity contribution in [1.82, 2.24) is 0 Å². The standard InChI is InChI=1S/C6H13BrO3/c1-9-4-6(7,3-8)5-10-2/h8H,3-5H2,1-2H3. The molecule has 0 atom stereocenters. The third kappa shape index (κ3) is 3.51. The molecule has 0 aromatic carbocycles. The van der Waals surface area contributed by atoms with Gasteiger partial charge in [0.1, 0.15) is 0 Å². The first-order valence-corrected chi connectivity index (χ1v) is 3.75. The normalized spacial score (nSPS) is 12.0. The minimum Gasteiger partial charge on any atom is -0.395 e. The average Bonchev–Trinajstić information content (AvgIpc) is 1.89. The van der Waals surface area contributed by atoms with Gasteiger partial charge < -0.3 is 14.6 Å². The van der Waals surface area contributed by atoms with Crippen LogP contribution in [0.1, 0.15) is 0 Å². The molecule has 0 saturated carbocycles. The Labute approximate surface area is 69.5 Å². The molecule has 0 amide bonds. The number of hydrogen-bond acceptors (Lipinski definition) is 3. The lowest BCUT2D eigenvalue weighted by Crippen LogP contribution is -2.36. The predicted octanol–water partition coefficient (Wildman–Crippen LogP) is 0.405. The zero-order valence-corrected chi connectivity index (χ0v) is 7.85. The second-order valence-corrected chi connectivity index (χ2v) is 3.86. The smallest absolute Gasteiger partial charge is 0.0952 e. The highest BCUT2D eigenvalue weighted by molar-refractivity contribution is 9.10. The number of ether oxygens (including phenoxy) is 2. The molecule has 0 aliphatic rings. The van der Waals surface area contributed by atoms with Gasteiger partial charge >= 0.3 is 0 Å². The van der Waals surface area contributed by atoms with Gasteiger partial charge in [0.2, 0.25) is 0 Å². The molecule has 0 fully saturated rings. The van der Waals surface area contributed by atoms with Gasteiger partial charge in [-0.3, -0.25) is 0 Å². The lowest BCUT2D eigenvalue weighted by Gasteiger charge is -2.22. The lowest BCUT2D eigenvalue weighted by atomic mass is 10.2. The van der Waals surface area contributed by atoms with Crippen molar-refractivity contribution in [2.45, 2.75) is 4.32 Å². The fourth-order valence-electron chi connectivity index (χ4n) is 0.650. The zero-order chi connectivity index (χ0) is 8.04. The van der Waals surface area contributed by atoms with Crippen molar-refractivity contribution in [3.8, 4) is 0 Å². The van der Waals surface area contributed by atoms with E-state index < -0.39 is 4.32 Å². The van der Waals surface area contributed by atoms with Crippen molar-refractivity contribution >= 4 is 15.9 Å². The first-order valence-electron chi connectivity index (χ1n) is 2.96. The molecular formula is C6H13BrO3. The van der Waals surface area contributed by atoms with Crippen molar-refractivity contribution in [2.75, 3.05) is 34.0 Å². The number of hydrogen-bond donors (Lipinski definition) is 1. The monoisotopic (exact) mass is 212 g/mol. The van der Waals surface area contributed by atoms with E-state index in [1.54, 1.807) is 14.2 Å². The maximum absolute atomic E-state index is 8.84. The van der Waals surface area contributed by atoms with Gasteiger partial charge in [0.05, 0.1) is 24.1 Å². The van der Waals surface area contributed by atoms with Crippen molar-refractivity contribution in [3.63, 3.8) is 0 Å². The van der Waals surface area contributed by atoms with E-state index in [1.807, 2.05) is 0 Å². The number of aliphatic hydroxyl groups is 1. The van der Waals surface area contributed by atoms with E-state index in [9.17, 15) is 0 Å². The summed E-state index contributed by atoms with van der Waals surface area (Å²) in [6, 6.07) is 0. The molecule has 0 rings (SSSR count). The molecule has 0 aromatic heterocycles. The van der Waals surface area contributed by atoms with E-state index in [0.29, 0.717) is 13.2 Å². The fourth-order valence-corrected chi connectivity index (χ4v) is 1.11. The minimum atomic E-state index is -0.434. The van der Waals surface area contributed by atoms with Crippen LogP contribution in [0.4, 0.5) is 0 Å². The first kappa shape index (κ1) is 10.4. The summed E-state index contributed by atoms with van der Waals surface area (Å²) < 4.78 is 9.29. The largest absolute Gasteiger partial charge is 0.395 e. The molecule has 10 heavy (non-hydrogen) atoms. The maximum atomic E-state index is 8.84. The molecule has 0 radical (unpaired) electrons. The molecule has 3 nitrogen and oxygen atoms in total. The molecule has 0 heterocycles. The summed E-state index contributed by atoms with van der Waals surface area (Å²) in [5.41, 5.74) is 0. The van der Waals surface area contributed by atoms with Gasteiger partial charge in [-0.15, -0.1) is 0 Å². The van der Waals surface area contributed by atoms with Gasteiger partial charge in [0.25, 0.3) is 0 Å².